The van der Waals surface area contributed by atoms with Crippen molar-refractivity contribution in [2.45, 2.75) is 44.4 Å². The van der Waals surface area contributed by atoms with Gasteiger partial charge in [-0.05, 0) is 43.5 Å². The van der Waals surface area contributed by atoms with Gasteiger partial charge in [-0.3, -0.25) is 4.18 Å². The molecular weight excluding hydrogens is 490 g/mol. The van der Waals surface area contributed by atoms with Crippen LogP contribution in [-0.4, -0.2) is 57.6 Å². The molecule has 0 aliphatic heterocycles. The lowest BCUT2D eigenvalue weighted by Gasteiger charge is -2.29. The predicted octanol–water partition coefficient (Wildman–Crippen LogP) is 2.31. The van der Waals surface area contributed by atoms with Gasteiger partial charge >= 0.3 is 10.3 Å². The molecule has 4 atom stereocenters. The first-order valence-electron chi connectivity index (χ1n) is 11.3. The Labute approximate surface area is 206 Å². The number of nitrogens with zero attached hydrogens (tertiary/aromatic N) is 3. The molecule has 0 bridgehead atoms. The minimum atomic E-state index is -4.16. The molecule has 186 valence electrons. The zero-order chi connectivity index (χ0) is 25.0. The van der Waals surface area contributed by atoms with Crippen molar-refractivity contribution < 1.29 is 22.8 Å². The van der Waals surface area contributed by atoms with Crippen molar-refractivity contribution in [2.24, 2.45) is 11.1 Å². The van der Waals surface area contributed by atoms with Gasteiger partial charge in [0.05, 0.1) is 23.9 Å². The molecule has 35 heavy (non-hydrogen) atoms. The minimum Gasteiger partial charge on any atom is -0.388 e. The van der Waals surface area contributed by atoms with E-state index in [9.17, 15) is 18.6 Å². The first-order valence-corrected chi connectivity index (χ1v) is 13.6. The molecule has 0 radical (unpaired) electrons. The normalized spacial score (nSPS) is 25.0. The fraction of sp³-hybridized carbons (Fsp3) is 0.391. The highest BCUT2D eigenvalue weighted by Crippen LogP contribution is 2.38. The van der Waals surface area contributed by atoms with Crippen molar-refractivity contribution in [1.82, 2.24) is 14.6 Å². The standard InChI is InChI=1S/C23H27N5O5S2/c1-3-13-4-5-19-15(8-13)16(12-34-19)17-10-21-25-7-6-20(28(21)27-17)26-18-9-14(11-33-35(24,31)32)23(2,30)22(18)29/h4-8,10,12,14,18,22,26,29-30H,3,9,11H2,1-2H3,(H2,24,31,32)/t14-,18-,22+,23-/m1/s1. The monoisotopic (exact) mass is 517 g/mol. The molecule has 3 heterocycles. The highest BCUT2D eigenvalue weighted by atomic mass is 32.2. The molecule has 1 fully saturated rings. The summed E-state index contributed by atoms with van der Waals surface area (Å²) in [6.45, 7) is 3.25. The summed E-state index contributed by atoms with van der Waals surface area (Å²) in [5.74, 6) is -0.0633. The lowest BCUT2D eigenvalue weighted by atomic mass is 9.92. The van der Waals surface area contributed by atoms with E-state index in [0.717, 1.165) is 23.1 Å². The zero-order valence-electron chi connectivity index (χ0n) is 19.2. The SMILES string of the molecule is CCc1ccc2scc(-c3cc4nccc(N[C@@H]5C[C@H](COS(N)(=O)=O)[C@@](C)(O)[C@H]5O)n4n3)c2c1. The topological polar surface area (TPSA) is 152 Å². The van der Waals surface area contributed by atoms with Crippen molar-refractivity contribution >= 4 is 43.2 Å². The number of rotatable bonds is 7. The van der Waals surface area contributed by atoms with Crippen LogP contribution in [0.5, 0.6) is 0 Å². The van der Waals surface area contributed by atoms with Gasteiger partial charge in [0.25, 0.3) is 0 Å². The van der Waals surface area contributed by atoms with Crippen LogP contribution in [0, 0.1) is 5.92 Å². The average molecular weight is 518 g/mol. The Morgan fingerprint density at radius 2 is 2.14 bits per heavy atom. The lowest BCUT2D eigenvalue weighted by molar-refractivity contribution is -0.0759. The van der Waals surface area contributed by atoms with Gasteiger partial charge in [-0.25, -0.2) is 10.1 Å². The summed E-state index contributed by atoms with van der Waals surface area (Å²) in [7, 11) is -4.16. The van der Waals surface area contributed by atoms with Gasteiger partial charge < -0.3 is 15.5 Å². The van der Waals surface area contributed by atoms with Crippen molar-refractivity contribution in [3.05, 3.63) is 47.5 Å². The Hall–Kier alpha value is -2.61. The third kappa shape index (κ3) is 4.53. The van der Waals surface area contributed by atoms with Crippen LogP contribution in [-0.2, 0) is 20.9 Å². The third-order valence-electron chi connectivity index (χ3n) is 6.79. The molecule has 5 rings (SSSR count). The Kier molecular flexibility index (Phi) is 6.06. The number of thiophene rings is 1. The number of nitrogens with one attached hydrogen (secondary N) is 1. The van der Waals surface area contributed by atoms with Gasteiger partial charge in [0.2, 0.25) is 0 Å². The van der Waals surface area contributed by atoms with E-state index in [1.165, 1.54) is 17.2 Å². The quantitative estimate of drug-likeness (QED) is 0.291. The molecule has 1 aromatic carbocycles. The molecule has 0 unspecified atom stereocenters. The van der Waals surface area contributed by atoms with E-state index >= 15 is 0 Å². The van der Waals surface area contributed by atoms with E-state index in [0.29, 0.717) is 11.5 Å². The van der Waals surface area contributed by atoms with Gasteiger partial charge in [-0.2, -0.15) is 18.0 Å². The number of nitrogens with two attached hydrogens (primary N) is 1. The predicted molar refractivity (Wildman–Crippen MR) is 134 cm³/mol. The lowest BCUT2D eigenvalue weighted by Crippen LogP contribution is -2.46. The van der Waals surface area contributed by atoms with E-state index in [-0.39, 0.29) is 13.0 Å². The molecule has 0 spiro atoms. The van der Waals surface area contributed by atoms with E-state index in [1.807, 2.05) is 6.07 Å². The van der Waals surface area contributed by atoms with Crippen molar-refractivity contribution in [1.29, 1.82) is 0 Å². The van der Waals surface area contributed by atoms with Crippen LogP contribution in [0.2, 0.25) is 0 Å². The minimum absolute atomic E-state index is 0.261. The number of aliphatic hydroxyl groups excluding tert-OH is 1. The molecule has 5 N–H and O–H groups in total. The first kappa shape index (κ1) is 24.1. The summed E-state index contributed by atoms with van der Waals surface area (Å²) in [5.41, 5.74) is 2.12. The van der Waals surface area contributed by atoms with Crippen molar-refractivity contribution in [3.8, 4) is 11.3 Å². The second-order valence-electron chi connectivity index (χ2n) is 9.09. The summed E-state index contributed by atoms with van der Waals surface area (Å²) < 4.78 is 29.9. The molecule has 4 aromatic rings. The molecule has 3 aromatic heterocycles. The summed E-state index contributed by atoms with van der Waals surface area (Å²) in [5, 5.41) is 37.8. The average Bonchev–Trinajstić information content (AvgIpc) is 3.48. The maximum Gasteiger partial charge on any atom is 0.333 e. The summed E-state index contributed by atoms with van der Waals surface area (Å²) in [6, 6.07) is 9.53. The second-order valence-corrected chi connectivity index (χ2v) is 11.2. The second kappa shape index (κ2) is 8.80. The van der Waals surface area contributed by atoms with Crippen LogP contribution in [0.15, 0.2) is 41.9 Å². The molecular formula is C23H27N5O5S2. The number of anilines is 1. The highest BCUT2D eigenvalue weighted by Gasteiger charge is 2.51. The summed E-state index contributed by atoms with van der Waals surface area (Å²) in [6.07, 6.45) is 1.67. The highest BCUT2D eigenvalue weighted by molar-refractivity contribution is 7.84. The molecule has 0 saturated heterocycles. The Bertz CT molecular complexity index is 1500. The number of hydrogen-bond donors (Lipinski definition) is 4. The number of benzene rings is 1. The van der Waals surface area contributed by atoms with Gasteiger partial charge in [-0.15, -0.1) is 11.3 Å². The molecule has 12 heteroatoms. The number of hydrogen-bond acceptors (Lipinski definition) is 9. The van der Waals surface area contributed by atoms with E-state index in [2.05, 4.69) is 45.0 Å². The number of aromatic nitrogens is 3. The maximum atomic E-state index is 11.2. The van der Waals surface area contributed by atoms with E-state index in [4.69, 9.17) is 10.2 Å². The Morgan fingerprint density at radius 1 is 1.34 bits per heavy atom. The smallest absolute Gasteiger partial charge is 0.333 e. The van der Waals surface area contributed by atoms with Crippen LogP contribution < -0.4 is 10.5 Å². The molecule has 1 aliphatic carbocycles. The van der Waals surface area contributed by atoms with Gasteiger partial charge in [0, 0.05) is 39.2 Å². The van der Waals surface area contributed by atoms with Crippen LogP contribution in [0.25, 0.3) is 27.0 Å². The van der Waals surface area contributed by atoms with Crippen molar-refractivity contribution in [2.75, 3.05) is 11.9 Å². The fourth-order valence-corrected chi connectivity index (χ4v) is 5.98. The van der Waals surface area contributed by atoms with Gasteiger partial charge in [-0.1, -0.05) is 13.0 Å². The van der Waals surface area contributed by atoms with Gasteiger partial charge in [0.15, 0.2) is 5.65 Å². The maximum absolute atomic E-state index is 11.2. The number of aryl methyl sites for hydroxylation is 1. The number of fused-ring (bicyclic) bond motifs is 2. The fourth-order valence-electron chi connectivity index (χ4n) is 4.70. The molecule has 10 nitrogen and oxygen atoms in total. The Balaban J connectivity index is 1.45. The number of aliphatic hydroxyl groups is 2. The molecule has 0 amide bonds. The summed E-state index contributed by atoms with van der Waals surface area (Å²) in [4.78, 5) is 4.43. The van der Waals surface area contributed by atoms with Gasteiger partial charge in [0.1, 0.15) is 11.9 Å². The van der Waals surface area contributed by atoms with Crippen LogP contribution in [0.4, 0.5) is 5.82 Å². The largest absolute Gasteiger partial charge is 0.388 e. The zero-order valence-corrected chi connectivity index (χ0v) is 20.9. The van der Waals surface area contributed by atoms with E-state index in [1.54, 1.807) is 28.1 Å². The summed E-state index contributed by atoms with van der Waals surface area (Å²) >= 11 is 1.67. The molecule has 1 saturated carbocycles. The van der Waals surface area contributed by atoms with Crippen LogP contribution in [0.3, 0.4) is 0 Å². The van der Waals surface area contributed by atoms with Crippen molar-refractivity contribution in [3.63, 3.8) is 0 Å². The van der Waals surface area contributed by atoms with Crippen LogP contribution in [0.1, 0.15) is 25.8 Å². The molecule has 1 aliphatic rings. The third-order valence-corrected chi connectivity index (χ3v) is 8.22. The first-order chi connectivity index (χ1) is 16.6. The van der Waals surface area contributed by atoms with E-state index < -0.39 is 34.0 Å². The Morgan fingerprint density at radius 3 is 2.89 bits per heavy atom. The van der Waals surface area contributed by atoms with Crippen LogP contribution >= 0.6 is 11.3 Å².